The van der Waals surface area contributed by atoms with Gasteiger partial charge in [-0.05, 0) is 60.0 Å². The van der Waals surface area contributed by atoms with Crippen molar-refractivity contribution in [1.82, 2.24) is 4.98 Å². The van der Waals surface area contributed by atoms with Crippen molar-refractivity contribution in [2.45, 2.75) is 13.3 Å². The number of carbonyl (C=O) groups excluding carboxylic acids is 1. The Morgan fingerprint density at radius 2 is 1.84 bits per heavy atom. The van der Waals surface area contributed by atoms with E-state index in [4.69, 9.17) is 11.6 Å². The van der Waals surface area contributed by atoms with Gasteiger partial charge in [-0.3, -0.25) is 9.78 Å². The zero-order valence-corrected chi connectivity index (χ0v) is 14.3. The molecule has 0 saturated heterocycles. The van der Waals surface area contributed by atoms with E-state index in [0.717, 1.165) is 16.8 Å². The lowest BCUT2D eigenvalue weighted by Crippen LogP contribution is -2.14. The van der Waals surface area contributed by atoms with Gasteiger partial charge in [0.15, 0.2) is 0 Å². The van der Waals surface area contributed by atoms with Crippen molar-refractivity contribution in [3.8, 4) is 11.1 Å². The fourth-order valence-electron chi connectivity index (χ4n) is 2.51. The van der Waals surface area contributed by atoms with E-state index in [1.54, 1.807) is 12.3 Å². The summed E-state index contributed by atoms with van der Waals surface area (Å²) in [7, 11) is 0. The largest absolute Gasteiger partial charge is 0.326 e. The maximum atomic E-state index is 13.1. The first-order valence-electron chi connectivity index (χ1n) is 7.78. The van der Waals surface area contributed by atoms with Crippen LogP contribution < -0.4 is 5.32 Å². The van der Waals surface area contributed by atoms with E-state index in [0.29, 0.717) is 11.3 Å². The van der Waals surface area contributed by atoms with Crippen LogP contribution in [0.5, 0.6) is 0 Å². The van der Waals surface area contributed by atoms with Crippen molar-refractivity contribution in [2.24, 2.45) is 0 Å². The number of carbonyl (C=O) groups is 1. The molecule has 0 unspecified atom stereocenters. The highest BCUT2D eigenvalue weighted by Crippen LogP contribution is 2.22. The van der Waals surface area contributed by atoms with Gasteiger partial charge in [-0.15, -0.1) is 0 Å². The molecule has 3 aromatic rings. The smallest absolute Gasteiger partial charge is 0.228 e. The third-order valence-corrected chi connectivity index (χ3v) is 4.04. The van der Waals surface area contributed by atoms with Gasteiger partial charge in [0, 0.05) is 17.6 Å². The highest BCUT2D eigenvalue weighted by molar-refractivity contribution is 6.30. The number of nitrogens with zero attached hydrogens (tertiary/aromatic N) is 1. The third-order valence-electron chi connectivity index (χ3n) is 3.75. The van der Waals surface area contributed by atoms with Crippen molar-refractivity contribution < 1.29 is 9.18 Å². The molecule has 1 amide bonds. The predicted octanol–water partition coefficient (Wildman–Crippen LogP) is 5.03. The van der Waals surface area contributed by atoms with Gasteiger partial charge in [0.05, 0.1) is 11.4 Å². The Bertz CT molecular complexity index is 910. The van der Waals surface area contributed by atoms with E-state index in [1.807, 2.05) is 43.3 Å². The lowest BCUT2D eigenvalue weighted by atomic mass is 10.1. The number of benzene rings is 2. The molecule has 2 aromatic carbocycles. The normalized spacial score (nSPS) is 10.5. The van der Waals surface area contributed by atoms with E-state index in [2.05, 4.69) is 10.3 Å². The summed E-state index contributed by atoms with van der Waals surface area (Å²) in [6, 6.07) is 15.8. The van der Waals surface area contributed by atoms with Crippen LogP contribution in [0.1, 0.15) is 11.3 Å². The number of rotatable bonds is 4. The Morgan fingerprint density at radius 1 is 1.08 bits per heavy atom. The minimum Gasteiger partial charge on any atom is -0.326 e. The lowest BCUT2D eigenvalue weighted by Gasteiger charge is -2.08. The Balaban J connectivity index is 1.66. The molecular weight excluding hydrogens is 339 g/mol. The minimum absolute atomic E-state index is 0.0160. The Kier molecular flexibility index (Phi) is 5.10. The molecule has 0 aliphatic rings. The number of pyridine rings is 1. The standard InChI is InChI=1S/C20H16ClFN2O/c1-13-10-16(8-9-23-13)15-3-5-17(6-4-15)24-20(25)12-14-2-7-19(22)18(21)11-14/h2-11H,12H2,1H3,(H,24,25). The van der Waals surface area contributed by atoms with Crippen molar-refractivity contribution in [3.05, 3.63) is 82.9 Å². The molecule has 0 atom stereocenters. The minimum atomic E-state index is -0.493. The summed E-state index contributed by atoms with van der Waals surface area (Å²) in [5.41, 5.74) is 4.44. The average Bonchev–Trinajstić information content (AvgIpc) is 2.59. The summed E-state index contributed by atoms with van der Waals surface area (Å²) in [4.78, 5) is 16.3. The maximum absolute atomic E-state index is 13.1. The summed E-state index contributed by atoms with van der Waals surface area (Å²) < 4.78 is 13.1. The van der Waals surface area contributed by atoms with Gasteiger partial charge in [0.2, 0.25) is 5.91 Å². The summed E-state index contributed by atoms with van der Waals surface area (Å²) in [5.74, 6) is -0.678. The molecule has 1 N–H and O–H groups in total. The molecule has 0 aliphatic heterocycles. The number of aromatic nitrogens is 1. The quantitative estimate of drug-likeness (QED) is 0.714. The van der Waals surface area contributed by atoms with E-state index in [1.165, 1.54) is 12.1 Å². The number of hydrogen-bond donors (Lipinski definition) is 1. The fraction of sp³-hybridized carbons (Fsp3) is 0.100. The molecule has 0 aliphatic carbocycles. The zero-order valence-electron chi connectivity index (χ0n) is 13.6. The number of nitrogens with one attached hydrogen (secondary N) is 1. The molecule has 5 heteroatoms. The second kappa shape index (κ2) is 7.45. The van der Waals surface area contributed by atoms with Crippen LogP contribution in [0.2, 0.25) is 5.02 Å². The Labute approximate surface area is 150 Å². The molecule has 3 rings (SSSR count). The lowest BCUT2D eigenvalue weighted by molar-refractivity contribution is -0.115. The monoisotopic (exact) mass is 354 g/mol. The number of halogens is 2. The third kappa shape index (κ3) is 4.43. The van der Waals surface area contributed by atoms with Gasteiger partial charge in [0.1, 0.15) is 5.82 Å². The van der Waals surface area contributed by atoms with Gasteiger partial charge < -0.3 is 5.32 Å². The number of hydrogen-bond acceptors (Lipinski definition) is 2. The van der Waals surface area contributed by atoms with Crippen LogP contribution in [0, 0.1) is 12.7 Å². The molecule has 0 saturated carbocycles. The van der Waals surface area contributed by atoms with Gasteiger partial charge >= 0.3 is 0 Å². The highest BCUT2D eigenvalue weighted by atomic mass is 35.5. The Hall–Kier alpha value is -2.72. The molecule has 25 heavy (non-hydrogen) atoms. The van der Waals surface area contributed by atoms with Gasteiger partial charge in [-0.2, -0.15) is 0 Å². The van der Waals surface area contributed by atoms with Crippen LogP contribution in [0.3, 0.4) is 0 Å². The van der Waals surface area contributed by atoms with Crippen LogP contribution >= 0.6 is 11.6 Å². The van der Waals surface area contributed by atoms with Gasteiger partial charge in [-0.1, -0.05) is 29.8 Å². The number of aryl methyl sites for hydroxylation is 1. The van der Waals surface area contributed by atoms with Crippen molar-refractivity contribution in [3.63, 3.8) is 0 Å². The number of amides is 1. The summed E-state index contributed by atoms with van der Waals surface area (Å²) in [6.07, 6.45) is 1.90. The van der Waals surface area contributed by atoms with E-state index < -0.39 is 5.82 Å². The first kappa shape index (κ1) is 17.1. The molecule has 0 spiro atoms. The van der Waals surface area contributed by atoms with Crippen LogP contribution in [0.25, 0.3) is 11.1 Å². The molecule has 0 radical (unpaired) electrons. The van der Waals surface area contributed by atoms with E-state index in [9.17, 15) is 9.18 Å². The van der Waals surface area contributed by atoms with Gasteiger partial charge in [-0.25, -0.2) is 4.39 Å². The molecule has 0 bridgehead atoms. The highest BCUT2D eigenvalue weighted by Gasteiger charge is 2.07. The van der Waals surface area contributed by atoms with Crippen LogP contribution in [-0.2, 0) is 11.2 Å². The van der Waals surface area contributed by atoms with Crippen LogP contribution in [0.4, 0.5) is 10.1 Å². The molecule has 0 fully saturated rings. The second-order valence-electron chi connectivity index (χ2n) is 5.74. The topological polar surface area (TPSA) is 42.0 Å². The summed E-state index contributed by atoms with van der Waals surface area (Å²) >= 11 is 5.73. The molecule has 126 valence electrons. The second-order valence-corrected chi connectivity index (χ2v) is 6.14. The average molecular weight is 355 g/mol. The molecule has 1 heterocycles. The fourth-order valence-corrected chi connectivity index (χ4v) is 2.71. The van der Waals surface area contributed by atoms with E-state index >= 15 is 0 Å². The van der Waals surface area contributed by atoms with Crippen LogP contribution in [0.15, 0.2) is 60.8 Å². The number of anilines is 1. The molecular formula is C20H16ClFN2O. The predicted molar refractivity (Wildman–Crippen MR) is 98.2 cm³/mol. The van der Waals surface area contributed by atoms with Crippen LogP contribution in [-0.4, -0.2) is 10.9 Å². The summed E-state index contributed by atoms with van der Waals surface area (Å²) in [6.45, 7) is 1.94. The van der Waals surface area contributed by atoms with Crippen molar-refractivity contribution in [1.29, 1.82) is 0 Å². The summed E-state index contributed by atoms with van der Waals surface area (Å²) in [5, 5.41) is 2.84. The van der Waals surface area contributed by atoms with Crippen molar-refractivity contribution >= 4 is 23.2 Å². The zero-order chi connectivity index (χ0) is 17.8. The maximum Gasteiger partial charge on any atom is 0.228 e. The first-order valence-corrected chi connectivity index (χ1v) is 8.16. The molecule has 1 aromatic heterocycles. The van der Waals surface area contributed by atoms with E-state index in [-0.39, 0.29) is 17.4 Å². The van der Waals surface area contributed by atoms with Gasteiger partial charge in [0.25, 0.3) is 0 Å². The first-order chi connectivity index (χ1) is 12.0. The SMILES string of the molecule is Cc1cc(-c2ccc(NC(=O)Cc3ccc(F)c(Cl)c3)cc2)ccn1. The molecule has 3 nitrogen and oxygen atoms in total. The van der Waals surface area contributed by atoms with Crippen molar-refractivity contribution in [2.75, 3.05) is 5.32 Å². The Morgan fingerprint density at radius 3 is 2.52 bits per heavy atom.